The van der Waals surface area contributed by atoms with Crippen LogP contribution in [0.3, 0.4) is 0 Å². The lowest BCUT2D eigenvalue weighted by molar-refractivity contribution is 0.0213. The summed E-state index contributed by atoms with van der Waals surface area (Å²) >= 11 is 0. The van der Waals surface area contributed by atoms with Crippen molar-refractivity contribution in [3.63, 3.8) is 0 Å². The Bertz CT molecular complexity index is 460. The first-order chi connectivity index (χ1) is 9.34. The van der Waals surface area contributed by atoms with Gasteiger partial charge in [-0.3, -0.25) is 9.48 Å². The number of amides is 1. The fourth-order valence-corrected chi connectivity index (χ4v) is 2.67. The number of nitrogens with zero attached hydrogens (tertiary/aromatic N) is 2. The maximum Gasteiger partial charge on any atom is 0.255 e. The molecule has 0 aliphatic heterocycles. The summed E-state index contributed by atoms with van der Waals surface area (Å²) < 4.78 is 1.70. The van der Waals surface area contributed by atoms with Gasteiger partial charge in [-0.2, -0.15) is 5.10 Å². The zero-order valence-corrected chi connectivity index (χ0v) is 13.3. The van der Waals surface area contributed by atoms with Crippen molar-refractivity contribution >= 4 is 5.91 Å². The number of rotatable bonds is 7. The van der Waals surface area contributed by atoms with E-state index in [0.717, 1.165) is 24.2 Å². The Balaban J connectivity index is 2.75. The van der Waals surface area contributed by atoms with Crippen LogP contribution in [0.5, 0.6) is 0 Å². The van der Waals surface area contributed by atoms with Crippen LogP contribution < -0.4 is 5.32 Å². The van der Waals surface area contributed by atoms with Gasteiger partial charge in [-0.1, -0.05) is 26.7 Å². The Morgan fingerprint density at radius 1 is 1.30 bits per heavy atom. The molecule has 0 unspecified atom stereocenters. The molecule has 1 amide bonds. The first-order valence-corrected chi connectivity index (χ1v) is 7.35. The summed E-state index contributed by atoms with van der Waals surface area (Å²) in [5.74, 6) is -0.154. The Labute approximate surface area is 121 Å². The van der Waals surface area contributed by atoms with Gasteiger partial charge in [0.2, 0.25) is 0 Å². The van der Waals surface area contributed by atoms with E-state index in [9.17, 15) is 9.90 Å². The summed E-state index contributed by atoms with van der Waals surface area (Å²) in [6.45, 7) is 8.07. The van der Waals surface area contributed by atoms with Crippen LogP contribution in [-0.2, 0) is 7.05 Å². The maximum absolute atomic E-state index is 12.3. The highest BCUT2D eigenvalue weighted by atomic mass is 16.3. The molecular formula is C15H27N3O2. The summed E-state index contributed by atoms with van der Waals surface area (Å²) in [4.78, 5) is 12.3. The predicted molar refractivity (Wildman–Crippen MR) is 79.8 cm³/mol. The molecule has 0 saturated heterocycles. The first-order valence-electron chi connectivity index (χ1n) is 7.35. The minimum Gasteiger partial charge on any atom is -0.388 e. The molecule has 0 radical (unpaired) electrons. The zero-order chi connectivity index (χ0) is 15.3. The number of hydrogen-bond donors (Lipinski definition) is 2. The van der Waals surface area contributed by atoms with Crippen LogP contribution in [0.4, 0.5) is 0 Å². The van der Waals surface area contributed by atoms with Crippen molar-refractivity contribution in [2.75, 3.05) is 6.54 Å². The van der Waals surface area contributed by atoms with Gasteiger partial charge in [0.05, 0.1) is 16.9 Å². The van der Waals surface area contributed by atoms with Gasteiger partial charge < -0.3 is 10.4 Å². The molecule has 2 N–H and O–H groups in total. The zero-order valence-electron chi connectivity index (χ0n) is 13.3. The largest absolute Gasteiger partial charge is 0.388 e. The van der Waals surface area contributed by atoms with E-state index >= 15 is 0 Å². The number of nitrogens with one attached hydrogen (secondary N) is 1. The normalized spacial score (nSPS) is 11.7. The highest BCUT2D eigenvalue weighted by molar-refractivity contribution is 5.96. The minimum absolute atomic E-state index is 0.154. The summed E-state index contributed by atoms with van der Waals surface area (Å²) in [6.07, 6.45) is 3.20. The first kappa shape index (κ1) is 16.7. The van der Waals surface area contributed by atoms with Gasteiger partial charge in [-0.15, -0.1) is 0 Å². The van der Waals surface area contributed by atoms with E-state index in [2.05, 4.69) is 10.4 Å². The maximum atomic E-state index is 12.3. The Morgan fingerprint density at radius 2 is 1.85 bits per heavy atom. The molecule has 0 spiro atoms. The van der Waals surface area contributed by atoms with Crippen LogP contribution in [0.25, 0.3) is 0 Å². The molecule has 114 valence electrons. The number of carbonyl (C=O) groups is 1. The van der Waals surface area contributed by atoms with Crippen molar-refractivity contribution < 1.29 is 9.90 Å². The monoisotopic (exact) mass is 281 g/mol. The lowest BCUT2D eigenvalue weighted by Crippen LogP contribution is -2.43. The third-order valence-electron chi connectivity index (χ3n) is 3.74. The number of aliphatic hydroxyl groups is 1. The summed E-state index contributed by atoms with van der Waals surface area (Å²) in [5, 5.41) is 17.6. The number of hydrogen-bond acceptors (Lipinski definition) is 3. The SMILES string of the molecule is CCCC(O)(CCC)CNC(=O)c1c(C)nn(C)c1C. The van der Waals surface area contributed by atoms with Gasteiger partial charge in [0.1, 0.15) is 0 Å². The molecule has 20 heavy (non-hydrogen) atoms. The standard InChI is InChI=1S/C15H27N3O2/c1-6-8-15(20,9-7-2)10-16-14(19)13-11(3)17-18(5)12(13)4/h20H,6-10H2,1-5H3,(H,16,19). The van der Waals surface area contributed by atoms with E-state index in [1.54, 1.807) is 4.68 Å². The fraction of sp³-hybridized carbons (Fsp3) is 0.733. The van der Waals surface area contributed by atoms with Gasteiger partial charge in [0.25, 0.3) is 5.91 Å². The Kier molecular flexibility index (Phi) is 5.74. The summed E-state index contributed by atoms with van der Waals surface area (Å²) in [5.41, 5.74) is 1.37. The smallest absolute Gasteiger partial charge is 0.255 e. The molecule has 1 aromatic heterocycles. The highest BCUT2D eigenvalue weighted by Crippen LogP contribution is 2.19. The van der Waals surface area contributed by atoms with E-state index in [1.807, 2.05) is 34.7 Å². The van der Waals surface area contributed by atoms with E-state index in [-0.39, 0.29) is 5.91 Å². The molecule has 1 rings (SSSR count). The lowest BCUT2D eigenvalue weighted by Gasteiger charge is -2.27. The molecule has 5 nitrogen and oxygen atoms in total. The third-order valence-corrected chi connectivity index (χ3v) is 3.74. The average molecular weight is 281 g/mol. The van der Waals surface area contributed by atoms with Crippen LogP contribution in [0.1, 0.15) is 61.3 Å². The second kappa shape index (κ2) is 6.88. The number of carbonyl (C=O) groups excluding carboxylic acids is 1. The second-order valence-corrected chi connectivity index (χ2v) is 5.58. The van der Waals surface area contributed by atoms with Gasteiger partial charge >= 0.3 is 0 Å². The summed E-state index contributed by atoms with van der Waals surface area (Å²) in [6, 6.07) is 0. The van der Waals surface area contributed by atoms with Crippen molar-refractivity contribution in [2.45, 2.75) is 59.0 Å². The Hall–Kier alpha value is -1.36. The van der Waals surface area contributed by atoms with Gasteiger partial charge in [0.15, 0.2) is 0 Å². The molecule has 0 fully saturated rings. The van der Waals surface area contributed by atoms with E-state index in [1.165, 1.54) is 0 Å². The van der Waals surface area contributed by atoms with Crippen molar-refractivity contribution in [3.05, 3.63) is 17.0 Å². The number of aromatic nitrogens is 2. The average Bonchev–Trinajstić information content (AvgIpc) is 2.61. The van der Waals surface area contributed by atoms with Gasteiger partial charge in [-0.25, -0.2) is 0 Å². The highest BCUT2D eigenvalue weighted by Gasteiger charge is 2.26. The van der Waals surface area contributed by atoms with Crippen LogP contribution >= 0.6 is 0 Å². The lowest BCUT2D eigenvalue weighted by atomic mass is 9.92. The van der Waals surface area contributed by atoms with E-state index < -0.39 is 5.60 Å². The topological polar surface area (TPSA) is 67.2 Å². The minimum atomic E-state index is -0.802. The molecule has 0 saturated carbocycles. The van der Waals surface area contributed by atoms with E-state index in [4.69, 9.17) is 0 Å². The van der Waals surface area contributed by atoms with Gasteiger partial charge in [-0.05, 0) is 26.7 Å². The summed E-state index contributed by atoms with van der Waals surface area (Å²) in [7, 11) is 1.82. The molecule has 1 heterocycles. The van der Waals surface area contributed by atoms with E-state index in [0.29, 0.717) is 24.9 Å². The van der Waals surface area contributed by atoms with Gasteiger partial charge in [0, 0.05) is 19.3 Å². The second-order valence-electron chi connectivity index (χ2n) is 5.58. The molecule has 0 aliphatic carbocycles. The molecule has 0 bridgehead atoms. The third kappa shape index (κ3) is 3.82. The van der Waals surface area contributed by atoms with Crippen LogP contribution in [0, 0.1) is 13.8 Å². The van der Waals surface area contributed by atoms with Crippen LogP contribution in [0.15, 0.2) is 0 Å². The molecule has 5 heteroatoms. The molecule has 0 aliphatic rings. The van der Waals surface area contributed by atoms with Crippen molar-refractivity contribution in [1.82, 2.24) is 15.1 Å². The Morgan fingerprint density at radius 3 is 2.25 bits per heavy atom. The fourth-order valence-electron chi connectivity index (χ4n) is 2.67. The van der Waals surface area contributed by atoms with Crippen LogP contribution in [-0.4, -0.2) is 32.9 Å². The molecule has 0 atom stereocenters. The number of aryl methyl sites for hydroxylation is 2. The van der Waals surface area contributed by atoms with Crippen LogP contribution in [0.2, 0.25) is 0 Å². The molecular weight excluding hydrogens is 254 g/mol. The van der Waals surface area contributed by atoms with Crippen molar-refractivity contribution in [3.8, 4) is 0 Å². The van der Waals surface area contributed by atoms with Crippen molar-refractivity contribution in [2.24, 2.45) is 7.05 Å². The molecule has 1 aromatic rings. The quantitative estimate of drug-likeness (QED) is 0.804. The predicted octanol–water partition coefficient (Wildman–Crippen LogP) is 2.10. The molecule has 0 aromatic carbocycles. The van der Waals surface area contributed by atoms with Crippen molar-refractivity contribution in [1.29, 1.82) is 0 Å².